The van der Waals surface area contributed by atoms with Crippen LogP contribution in [0.3, 0.4) is 0 Å². The second-order valence-corrected chi connectivity index (χ2v) is 8.60. The summed E-state index contributed by atoms with van der Waals surface area (Å²) in [5, 5.41) is 0.639. The van der Waals surface area contributed by atoms with Gasteiger partial charge in [0.1, 0.15) is 0 Å². The number of hydrogen-bond donors (Lipinski definition) is 1. The van der Waals surface area contributed by atoms with Crippen LogP contribution < -0.4 is 4.72 Å². The highest BCUT2D eigenvalue weighted by Gasteiger charge is 2.15. The molecule has 0 saturated heterocycles. The van der Waals surface area contributed by atoms with Crippen LogP contribution >= 0.6 is 27.5 Å². The third kappa shape index (κ3) is 6.11. The number of halogens is 2. The van der Waals surface area contributed by atoms with E-state index in [1.165, 1.54) is 12.1 Å². The van der Waals surface area contributed by atoms with Gasteiger partial charge in [0, 0.05) is 36.1 Å². The van der Waals surface area contributed by atoms with E-state index in [4.69, 9.17) is 11.6 Å². The van der Waals surface area contributed by atoms with E-state index in [2.05, 4.69) is 20.7 Å². The molecule has 0 atom stereocenters. The van der Waals surface area contributed by atoms with Crippen LogP contribution in [0, 0.1) is 0 Å². The van der Waals surface area contributed by atoms with Crippen molar-refractivity contribution < 1.29 is 13.2 Å². The van der Waals surface area contributed by atoms with Crippen LogP contribution in [0.4, 0.5) is 0 Å². The summed E-state index contributed by atoms with van der Waals surface area (Å²) >= 11 is 9.09. The smallest absolute Gasteiger partial charge is 0.240 e. The second-order valence-electron chi connectivity index (χ2n) is 5.48. The van der Waals surface area contributed by atoms with Gasteiger partial charge in [0.2, 0.25) is 15.9 Å². The number of nitrogens with zero attached hydrogens (tertiary/aromatic N) is 1. The zero-order chi connectivity index (χ0) is 18.4. The lowest BCUT2D eigenvalue weighted by Gasteiger charge is -2.17. The Morgan fingerprint density at radius 1 is 1.12 bits per heavy atom. The van der Waals surface area contributed by atoms with Gasteiger partial charge in [-0.1, -0.05) is 39.7 Å². The molecule has 2 rings (SSSR count). The van der Waals surface area contributed by atoms with Gasteiger partial charge in [-0.05, 0) is 42.0 Å². The Hall–Kier alpha value is -1.41. The molecule has 0 spiro atoms. The summed E-state index contributed by atoms with van der Waals surface area (Å²) in [5.74, 6) is -0.145. The summed E-state index contributed by atoms with van der Waals surface area (Å²) in [7, 11) is -1.94. The number of nitrogens with one attached hydrogen (secondary N) is 1. The van der Waals surface area contributed by atoms with Crippen molar-refractivity contribution in [1.29, 1.82) is 0 Å². The first kappa shape index (κ1) is 19.9. The molecule has 134 valence electrons. The van der Waals surface area contributed by atoms with Gasteiger partial charge >= 0.3 is 0 Å². The molecule has 0 heterocycles. The Labute approximate surface area is 161 Å². The van der Waals surface area contributed by atoms with Gasteiger partial charge in [0.25, 0.3) is 0 Å². The molecule has 0 aliphatic carbocycles. The van der Waals surface area contributed by atoms with E-state index in [-0.39, 0.29) is 23.8 Å². The van der Waals surface area contributed by atoms with Gasteiger partial charge in [-0.15, -0.1) is 0 Å². The van der Waals surface area contributed by atoms with E-state index < -0.39 is 10.0 Å². The predicted molar refractivity (Wildman–Crippen MR) is 102 cm³/mol. The van der Waals surface area contributed by atoms with Crippen molar-refractivity contribution >= 4 is 43.5 Å². The molecule has 0 radical (unpaired) electrons. The molecule has 1 amide bonds. The molecule has 0 bridgehead atoms. The van der Waals surface area contributed by atoms with Crippen LogP contribution in [0.2, 0.25) is 5.02 Å². The SMILES string of the molecule is CN(Cc1ccc(Cl)cc1)C(=O)CCNS(=O)(=O)c1ccc(Br)cc1. The summed E-state index contributed by atoms with van der Waals surface area (Å²) < 4.78 is 27.5. The molecule has 0 aliphatic heterocycles. The zero-order valence-corrected chi connectivity index (χ0v) is 16.7. The largest absolute Gasteiger partial charge is 0.341 e. The summed E-state index contributed by atoms with van der Waals surface area (Å²) in [4.78, 5) is 13.9. The molecular weight excluding hydrogens is 428 g/mol. The number of rotatable bonds is 7. The van der Waals surface area contributed by atoms with Crippen molar-refractivity contribution in [3.63, 3.8) is 0 Å². The molecule has 8 heteroatoms. The normalized spacial score (nSPS) is 11.3. The third-order valence-electron chi connectivity index (χ3n) is 3.51. The summed E-state index contributed by atoms with van der Waals surface area (Å²) in [6.45, 7) is 0.484. The molecule has 1 N–H and O–H groups in total. The highest BCUT2D eigenvalue weighted by molar-refractivity contribution is 9.10. The molecule has 25 heavy (non-hydrogen) atoms. The minimum absolute atomic E-state index is 0.0438. The summed E-state index contributed by atoms with van der Waals surface area (Å²) in [6.07, 6.45) is 0.0832. The fourth-order valence-electron chi connectivity index (χ4n) is 2.13. The first-order valence-corrected chi connectivity index (χ1v) is 10.2. The minimum atomic E-state index is -3.62. The van der Waals surface area contributed by atoms with Gasteiger partial charge in [-0.2, -0.15) is 0 Å². The van der Waals surface area contributed by atoms with Crippen molar-refractivity contribution in [2.45, 2.75) is 17.9 Å². The van der Waals surface area contributed by atoms with Crippen molar-refractivity contribution in [2.75, 3.05) is 13.6 Å². The number of carbonyl (C=O) groups is 1. The molecule has 0 fully saturated rings. The quantitative estimate of drug-likeness (QED) is 0.710. The first-order chi connectivity index (χ1) is 11.8. The maximum atomic E-state index is 12.2. The van der Waals surface area contributed by atoms with Gasteiger partial charge < -0.3 is 4.90 Å². The summed E-state index contributed by atoms with van der Waals surface area (Å²) in [5.41, 5.74) is 0.954. The Bertz CT molecular complexity index is 824. The monoisotopic (exact) mass is 444 g/mol. The first-order valence-electron chi connectivity index (χ1n) is 7.51. The third-order valence-corrected chi connectivity index (χ3v) is 5.77. The van der Waals surface area contributed by atoms with Crippen LogP contribution in [-0.2, 0) is 21.4 Å². The number of benzene rings is 2. The van der Waals surface area contributed by atoms with E-state index in [1.807, 2.05) is 12.1 Å². The Morgan fingerprint density at radius 3 is 2.32 bits per heavy atom. The van der Waals surface area contributed by atoms with Crippen LogP contribution in [-0.4, -0.2) is 32.8 Å². The van der Waals surface area contributed by atoms with E-state index in [0.29, 0.717) is 11.6 Å². The van der Waals surface area contributed by atoms with Crippen LogP contribution in [0.15, 0.2) is 57.9 Å². The fourth-order valence-corrected chi connectivity index (χ4v) is 3.55. The van der Waals surface area contributed by atoms with Gasteiger partial charge in [-0.3, -0.25) is 4.79 Å². The van der Waals surface area contributed by atoms with Crippen LogP contribution in [0.25, 0.3) is 0 Å². The van der Waals surface area contributed by atoms with E-state index >= 15 is 0 Å². The lowest BCUT2D eigenvalue weighted by molar-refractivity contribution is -0.130. The second kappa shape index (κ2) is 8.80. The fraction of sp³-hybridized carbons (Fsp3) is 0.235. The van der Waals surface area contributed by atoms with Crippen molar-refractivity contribution in [1.82, 2.24) is 9.62 Å². The summed E-state index contributed by atoms with van der Waals surface area (Å²) in [6, 6.07) is 13.5. The average molecular weight is 446 g/mol. The van der Waals surface area contributed by atoms with E-state index in [1.54, 1.807) is 36.2 Å². The Morgan fingerprint density at radius 2 is 1.72 bits per heavy atom. The van der Waals surface area contributed by atoms with Crippen molar-refractivity contribution in [3.8, 4) is 0 Å². The van der Waals surface area contributed by atoms with Crippen molar-refractivity contribution in [2.24, 2.45) is 0 Å². The van der Waals surface area contributed by atoms with E-state index in [0.717, 1.165) is 10.0 Å². The predicted octanol–water partition coefficient (Wildman–Crippen LogP) is 3.43. The highest BCUT2D eigenvalue weighted by Crippen LogP contribution is 2.14. The van der Waals surface area contributed by atoms with Gasteiger partial charge in [0.15, 0.2) is 0 Å². The molecular formula is C17H18BrClN2O3S. The van der Waals surface area contributed by atoms with Crippen LogP contribution in [0.1, 0.15) is 12.0 Å². The molecule has 0 saturated carbocycles. The molecule has 0 aliphatic rings. The number of carbonyl (C=O) groups excluding carboxylic acids is 1. The number of sulfonamides is 1. The number of hydrogen-bond acceptors (Lipinski definition) is 3. The van der Waals surface area contributed by atoms with E-state index in [9.17, 15) is 13.2 Å². The van der Waals surface area contributed by atoms with Gasteiger partial charge in [-0.25, -0.2) is 13.1 Å². The Kier molecular flexibility index (Phi) is 7.01. The highest BCUT2D eigenvalue weighted by atomic mass is 79.9. The van der Waals surface area contributed by atoms with Crippen LogP contribution in [0.5, 0.6) is 0 Å². The topological polar surface area (TPSA) is 66.5 Å². The lowest BCUT2D eigenvalue weighted by atomic mass is 10.2. The standard InChI is InChI=1S/C17H18BrClN2O3S/c1-21(12-13-2-6-15(19)7-3-13)17(22)10-11-20-25(23,24)16-8-4-14(18)5-9-16/h2-9,20H,10-12H2,1H3. The van der Waals surface area contributed by atoms with Crippen molar-refractivity contribution in [3.05, 3.63) is 63.6 Å². The maximum absolute atomic E-state index is 12.2. The number of amides is 1. The maximum Gasteiger partial charge on any atom is 0.240 e. The molecule has 0 aromatic heterocycles. The molecule has 5 nitrogen and oxygen atoms in total. The zero-order valence-electron chi connectivity index (χ0n) is 13.6. The molecule has 2 aromatic rings. The minimum Gasteiger partial charge on any atom is -0.341 e. The molecule has 0 unspecified atom stereocenters. The Balaban J connectivity index is 1.84. The average Bonchev–Trinajstić information content (AvgIpc) is 2.57. The lowest BCUT2D eigenvalue weighted by Crippen LogP contribution is -2.31. The molecule has 2 aromatic carbocycles. The van der Waals surface area contributed by atoms with Gasteiger partial charge in [0.05, 0.1) is 4.90 Å².